The van der Waals surface area contributed by atoms with Crippen LogP contribution in [0.5, 0.6) is 0 Å². The molecule has 0 atom stereocenters. The third-order valence-corrected chi connectivity index (χ3v) is 5.38. The molecule has 1 aliphatic rings. The first-order valence-electron chi connectivity index (χ1n) is 8.24. The molecular weight excluding hydrogens is 339 g/mol. The standard InChI is InChI=1S/C20H19Cl2N2/c1-14-4-2-5-15(10-14)12-23-13-19(24-9-3-6-20(23)24)16-7-8-17(21)18(22)11-16/h2,4-5,7-8,10-11,13H,3,6,9,12H2,1H3/q+1. The molecule has 1 aromatic heterocycles. The molecule has 3 aromatic rings. The van der Waals surface area contributed by atoms with Gasteiger partial charge >= 0.3 is 0 Å². The van der Waals surface area contributed by atoms with Crippen LogP contribution in [0.2, 0.25) is 10.0 Å². The fourth-order valence-corrected chi connectivity index (χ4v) is 3.84. The van der Waals surface area contributed by atoms with E-state index in [0.717, 1.165) is 25.1 Å². The fraction of sp³-hybridized carbons (Fsp3) is 0.250. The number of hydrogen-bond acceptors (Lipinski definition) is 0. The van der Waals surface area contributed by atoms with E-state index in [1.54, 1.807) is 0 Å². The van der Waals surface area contributed by atoms with E-state index in [1.807, 2.05) is 18.2 Å². The van der Waals surface area contributed by atoms with E-state index in [-0.39, 0.29) is 0 Å². The molecule has 24 heavy (non-hydrogen) atoms. The summed E-state index contributed by atoms with van der Waals surface area (Å²) in [5, 5.41) is 1.20. The number of benzene rings is 2. The SMILES string of the molecule is Cc1cccc(C[n+]2cc(-c3ccc(Cl)c(Cl)c3)n3c2CCC3)c1. The molecule has 4 heteroatoms. The highest BCUT2D eigenvalue weighted by Gasteiger charge is 2.28. The molecule has 0 unspecified atom stereocenters. The van der Waals surface area contributed by atoms with Crippen molar-refractivity contribution in [3.05, 3.63) is 75.7 Å². The Bertz CT molecular complexity index is 912. The van der Waals surface area contributed by atoms with Crippen molar-refractivity contribution in [2.45, 2.75) is 32.9 Å². The van der Waals surface area contributed by atoms with E-state index >= 15 is 0 Å². The average molecular weight is 358 g/mol. The highest BCUT2D eigenvalue weighted by molar-refractivity contribution is 6.42. The van der Waals surface area contributed by atoms with Crippen molar-refractivity contribution in [2.75, 3.05) is 0 Å². The molecule has 2 aromatic carbocycles. The number of rotatable bonds is 3. The Hall–Kier alpha value is -1.77. The molecule has 122 valence electrons. The van der Waals surface area contributed by atoms with E-state index in [1.165, 1.54) is 29.1 Å². The zero-order chi connectivity index (χ0) is 16.7. The summed E-state index contributed by atoms with van der Waals surface area (Å²) in [7, 11) is 0. The second kappa shape index (κ2) is 6.27. The minimum Gasteiger partial charge on any atom is -0.229 e. The highest BCUT2D eigenvalue weighted by Crippen LogP contribution is 2.30. The molecule has 0 N–H and O–H groups in total. The van der Waals surface area contributed by atoms with Gasteiger partial charge in [-0.2, -0.15) is 0 Å². The van der Waals surface area contributed by atoms with E-state index in [4.69, 9.17) is 23.2 Å². The van der Waals surface area contributed by atoms with Crippen LogP contribution in [0, 0.1) is 6.92 Å². The maximum atomic E-state index is 6.22. The van der Waals surface area contributed by atoms with Crippen LogP contribution in [0.4, 0.5) is 0 Å². The second-order valence-corrected chi connectivity index (χ2v) is 7.25. The minimum atomic E-state index is 0.598. The van der Waals surface area contributed by atoms with Gasteiger partial charge in [0.05, 0.1) is 23.0 Å². The zero-order valence-electron chi connectivity index (χ0n) is 13.6. The molecule has 0 bridgehead atoms. The highest BCUT2D eigenvalue weighted by atomic mass is 35.5. The van der Waals surface area contributed by atoms with Crippen molar-refractivity contribution >= 4 is 23.2 Å². The van der Waals surface area contributed by atoms with Crippen molar-refractivity contribution in [1.82, 2.24) is 4.57 Å². The van der Waals surface area contributed by atoms with E-state index in [0.29, 0.717) is 10.0 Å². The first kappa shape index (κ1) is 15.7. The summed E-state index contributed by atoms with van der Waals surface area (Å²) in [6.45, 7) is 4.10. The number of aromatic nitrogens is 2. The lowest BCUT2D eigenvalue weighted by atomic mass is 10.1. The van der Waals surface area contributed by atoms with Crippen LogP contribution in [0.15, 0.2) is 48.7 Å². The molecule has 2 heterocycles. The van der Waals surface area contributed by atoms with Gasteiger partial charge in [-0.15, -0.1) is 0 Å². The largest absolute Gasteiger partial charge is 0.257 e. The minimum absolute atomic E-state index is 0.598. The Morgan fingerprint density at radius 3 is 2.75 bits per heavy atom. The van der Waals surface area contributed by atoms with Crippen molar-refractivity contribution in [1.29, 1.82) is 0 Å². The van der Waals surface area contributed by atoms with Crippen molar-refractivity contribution in [3.63, 3.8) is 0 Å². The lowest BCUT2D eigenvalue weighted by Gasteiger charge is -2.01. The maximum absolute atomic E-state index is 6.22. The van der Waals surface area contributed by atoms with E-state index < -0.39 is 0 Å². The van der Waals surface area contributed by atoms with Crippen LogP contribution in [0.3, 0.4) is 0 Å². The van der Waals surface area contributed by atoms with Gasteiger partial charge in [-0.3, -0.25) is 0 Å². The number of hydrogen-bond donors (Lipinski definition) is 0. The van der Waals surface area contributed by atoms with E-state index in [2.05, 4.69) is 46.5 Å². The maximum Gasteiger partial charge on any atom is 0.257 e. The molecule has 0 aliphatic carbocycles. The smallest absolute Gasteiger partial charge is 0.229 e. The summed E-state index contributed by atoms with van der Waals surface area (Å²) in [5.41, 5.74) is 4.97. The molecule has 0 saturated carbocycles. The number of halogens is 2. The van der Waals surface area contributed by atoms with Gasteiger partial charge in [-0.1, -0.05) is 53.0 Å². The van der Waals surface area contributed by atoms with Crippen LogP contribution in [0.1, 0.15) is 23.4 Å². The number of nitrogens with zero attached hydrogens (tertiary/aromatic N) is 2. The third-order valence-electron chi connectivity index (χ3n) is 4.64. The first-order valence-corrected chi connectivity index (χ1v) is 9.00. The second-order valence-electron chi connectivity index (χ2n) is 6.43. The zero-order valence-corrected chi connectivity index (χ0v) is 15.1. The summed E-state index contributed by atoms with van der Waals surface area (Å²) in [6, 6.07) is 14.6. The monoisotopic (exact) mass is 357 g/mol. The van der Waals surface area contributed by atoms with Gasteiger partial charge in [0.15, 0.2) is 5.69 Å². The van der Waals surface area contributed by atoms with Gasteiger partial charge in [-0.05, 0) is 37.1 Å². The molecule has 1 aliphatic heterocycles. The summed E-state index contributed by atoms with van der Waals surface area (Å²) in [4.78, 5) is 0. The normalized spacial score (nSPS) is 13.3. The van der Waals surface area contributed by atoms with Crippen LogP contribution in [-0.2, 0) is 19.5 Å². The average Bonchev–Trinajstić information content (AvgIpc) is 3.14. The summed E-state index contributed by atoms with van der Waals surface area (Å²) in [6.07, 6.45) is 4.56. The van der Waals surface area contributed by atoms with Gasteiger partial charge in [-0.25, -0.2) is 9.13 Å². The molecule has 2 nitrogen and oxygen atoms in total. The summed E-state index contributed by atoms with van der Waals surface area (Å²) >= 11 is 12.3. The van der Waals surface area contributed by atoms with Gasteiger partial charge in [0, 0.05) is 5.56 Å². The van der Waals surface area contributed by atoms with Crippen LogP contribution >= 0.6 is 23.2 Å². The summed E-state index contributed by atoms with van der Waals surface area (Å²) < 4.78 is 4.79. The Balaban J connectivity index is 1.76. The Morgan fingerprint density at radius 2 is 1.96 bits per heavy atom. The van der Waals surface area contributed by atoms with Crippen LogP contribution in [0.25, 0.3) is 11.3 Å². The summed E-state index contributed by atoms with van der Waals surface area (Å²) in [5.74, 6) is 1.39. The molecule has 0 amide bonds. The Labute approximate surface area is 152 Å². The van der Waals surface area contributed by atoms with Crippen molar-refractivity contribution in [2.24, 2.45) is 0 Å². The number of aryl methyl sites for hydroxylation is 1. The lowest BCUT2D eigenvalue weighted by molar-refractivity contribution is -0.694. The van der Waals surface area contributed by atoms with Crippen molar-refractivity contribution < 1.29 is 4.57 Å². The third kappa shape index (κ3) is 2.85. The molecule has 0 spiro atoms. The van der Waals surface area contributed by atoms with Crippen LogP contribution < -0.4 is 4.57 Å². The topological polar surface area (TPSA) is 8.81 Å². The first-order chi connectivity index (χ1) is 11.6. The lowest BCUT2D eigenvalue weighted by Crippen LogP contribution is -2.36. The fourth-order valence-electron chi connectivity index (χ4n) is 3.54. The number of fused-ring (bicyclic) bond motifs is 1. The van der Waals surface area contributed by atoms with E-state index in [9.17, 15) is 0 Å². The number of imidazole rings is 1. The van der Waals surface area contributed by atoms with Gasteiger partial charge in [0.2, 0.25) is 0 Å². The van der Waals surface area contributed by atoms with Gasteiger partial charge < -0.3 is 0 Å². The molecule has 4 rings (SSSR count). The van der Waals surface area contributed by atoms with Crippen LogP contribution in [-0.4, -0.2) is 4.57 Å². The molecule has 0 radical (unpaired) electrons. The predicted molar refractivity (Wildman–Crippen MR) is 98.7 cm³/mol. The van der Waals surface area contributed by atoms with Gasteiger partial charge in [0.25, 0.3) is 5.82 Å². The molecule has 0 saturated heterocycles. The predicted octanol–water partition coefficient (Wildman–Crippen LogP) is 5.05. The molecule has 0 fully saturated rings. The van der Waals surface area contributed by atoms with Gasteiger partial charge in [0.1, 0.15) is 12.7 Å². The molecular formula is C20H19Cl2N2+. The Morgan fingerprint density at radius 1 is 1.08 bits per heavy atom. The Kier molecular flexibility index (Phi) is 4.11. The van der Waals surface area contributed by atoms with Crippen molar-refractivity contribution in [3.8, 4) is 11.3 Å². The quantitative estimate of drug-likeness (QED) is 0.579.